The van der Waals surface area contributed by atoms with Gasteiger partial charge in [-0.15, -0.1) is 0 Å². The van der Waals surface area contributed by atoms with Gasteiger partial charge in [-0.1, -0.05) is 25.1 Å². The minimum Gasteiger partial charge on any atom is -0.392 e. The standard InChI is InChI=1S/C15H20FNO2/c1-11-6-7-17(10-15(11)19)9-13(18)8-12-4-2-3-5-14(12)16/h2-5,11,15,19H,6-10H2,1H3. The normalized spacial score (nSPS) is 24.4. The zero-order valence-corrected chi connectivity index (χ0v) is 11.2. The zero-order chi connectivity index (χ0) is 13.8. The van der Waals surface area contributed by atoms with Crippen LogP contribution in [0.2, 0.25) is 0 Å². The number of aliphatic hydroxyl groups excluding tert-OH is 1. The third kappa shape index (κ3) is 3.85. The molecule has 0 saturated carbocycles. The van der Waals surface area contributed by atoms with Crippen molar-refractivity contribution in [2.75, 3.05) is 19.6 Å². The minimum absolute atomic E-state index is 0.00754. The summed E-state index contributed by atoms with van der Waals surface area (Å²) in [5.41, 5.74) is 0.443. The van der Waals surface area contributed by atoms with E-state index in [1.165, 1.54) is 6.07 Å². The Hall–Kier alpha value is -1.26. The van der Waals surface area contributed by atoms with Crippen molar-refractivity contribution < 1.29 is 14.3 Å². The first kappa shape index (κ1) is 14.2. The molecular weight excluding hydrogens is 245 g/mol. The van der Waals surface area contributed by atoms with Gasteiger partial charge in [0.25, 0.3) is 0 Å². The van der Waals surface area contributed by atoms with Crippen LogP contribution in [0.25, 0.3) is 0 Å². The fourth-order valence-corrected chi connectivity index (χ4v) is 2.42. The monoisotopic (exact) mass is 265 g/mol. The van der Waals surface area contributed by atoms with Gasteiger partial charge in [0, 0.05) is 13.0 Å². The minimum atomic E-state index is -0.366. The number of β-amino-alcohol motifs (C(OH)–C–C–N with tert-alkyl or cyclic N) is 1. The topological polar surface area (TPSA) is 40.5 Å². The van der Waals surface area contributed by atoms with E-state index in [9.17, 15) is 14.3 Å². The van der Waals surface area contributed by atoms with Gasteiger partial charge >= 0.3 is 0 Å². The molecule has 1 saturated heterocycles. The lowest BCUT2D eigenvalue weighted by atomic mass is 9.95. The Labute approximate surface area is 113 Å². The van der Waals surface area contributed by atoms with Crippen molar-refractivity contribution in [1.82, 2.24) is 4.90 Å². The fraction of sp³-hybridized carbons (Fsp3) is 0.533. The summed E-state index contributed by atoms with van der Waals surface area (Å²) in [6.07, 6.45) is 0.651. The van der Waals surface area contributed by atoms with E-state index in [1.54, 1.807) is 18.2 Å². The Balaban J connectivity index is 1.87. The molecule has 1 fully saturated rings. The average Bonchev–Trinajstić information content (AvgIpc) is 2.37. The lowest BCUT2D eigenvalue weighted by Crippen LogP contribution is -2.45. The highest BCUT2D eigenvalue weighted by Crippen LogP contribution is 2.17. The van der Waals surface area contributed by atoms with E-state index in [2.05, 4.69) is 0 Å². The number of nitrogens with zero attached hydrogens (tertiary/aromatic N) is 1. The van der Waals surface area contributed by atoms with Crippen LogP contribution in [-0.4, -0.2) is 41.5 Å². The van der Waals surface area contributed by atoms with E-state index in [4.69, 9.17) is 0 Å². The van der Waals surface area contributed by atoms with Crippen LogP contribution in [0.3, 0.4) is 0 Å². The number of piperidine rings is 1. The summed E-state index contributed by atoms with van der Waals surface area (Å²) < 4.78 is 13.4. The van der Waals surface area contributed by atoms with Gasteiger partial charge in [0.1, 0.15) is 5.82 Å². The van der Waals surface area contributed by atoms with Gasteiger partial charge in [-0.3, -0.25) is 9.69 Å². The number of hydrogen-bond donors (Lipinski definition) is 1. The van der Waals surface area contributed by atoms with Crippen molar-refractivity contribution in [2.45, 2.75) is 25.9 Å². The van der Waals surface area contributed by atoms with Crippen LogP contribution in [-0.2, 0) is 11.2 Å². The molecule has 0 aliphatic carbocycles. The molecule has 0 bridgehead atoms. The summed E-state index contributed by atoms with van der Waals surface area (Å²) in [7, 11) is 0. The van der Waals surface area contributed by atoms with Gasteiger partial charge < -0.3 is 5.11 Å². The van der Waals surface area contributed by atoms with Crippen LogP contribution in [0, 0.1) is 11.7 Å². The number of aliphatic hydroxyl groups is 1. The highest BCUT2D eigenvalue weighted by molar-refractivity contribution is 5.82. The first-order valence-corrected chi connectivity index (χ1v) is 6.72. The number of likely N-dealkylation sites (tertiary alicyclic amines) is 1. The van der Waals surface area contributed by atoms with Crippen molar-refractivity contribution in [1.29, 1.82) is 0 Å². The van der Waals surface area contributed by atoms with Crippen LogP contribution in [0.5, 0.6) is 0 Å². The molecule has 0 radical (unpaired) electrons. The molecular formula is C15H20FNO2. The van der Waals surface area contributed by atoms with Gasteiger partial charge in [0.05, 0.1) is 12.6 Å². The van der Waals surface area contributed by atoms with Crippen molar-refractivity contribution in [3.63, 3.8) is 0 Å². The van der Waals surface area contributed by atoms with Gasteiger partial charge in [-0.05, 0) is 30.5 Å². The van der Waals surface area contributed by atoms with Gasteiger partial charge in [0.15, 0.2) is 5.78 Å². The summed E-state index contributed by atoms with van der Waals surface area (Å²) in [6, 6.07) is 6.36. The number of Topliss-reactive ketones (excluding diaryl/α,β-unsaturated/α-hetero) is 1. The van der Waals surface area contributed by atoms with E-state index in [0.717, 1.165) is 13.0 Å². The number of ketones is 1. The molecule has 2 unspecified atom stereocenters. The molecule has 2 atom stereocenters. The molecule has 0 amide bonds. The molecule has 104 valence electrons. The van der Waals surface area contributed by atoms with Crippen LogP contribution < -0.4 is 0 Å². The quantitative estimate of drug-likeness (QED) is 0.899. The molecule has 1 heterocycles. The van der Waals surface area contributed by atoms with E-state index >= 15 is 0 Å². The van der Waals surface area contributed by atoms with Crippen molar-refractivity contribution in [3.05, 3.63) is 35.6 Å². The lowest BCUT2D eigenvalue weighted by Gasteiger charge is -2.33. The van der Waals surface area contributed by atoms with E-state index in [1.807, 2.05) is 11.8 Å². The largest absolute Gasteiger partial charge is 0.392 e. The third-order valence-electron chi connectivity index (χ3n) is 3.75. The highest BCUT2D eigenvalue weighted by Gasteiger charge is 2.25. The number of carbonyl (C=O) groups excluding carboxylic acids is 1. The van der Waals surface area contributed by atoms with Gasteiger partial charge in [-0.25, -0.2) is 4.39 Å². The molecule has 1 N–H and O–H groups in total. The number of carbonyl (C=O) groups is 1. The molecule has 0 aromatic heterocycles. The summed E-state index contributed by atoms with van der Waals surface area (Å²) in [5.74, 6) is -0.0482. The summed E-state index contributed by atoms with van der Waals surface area (Å²) in [6.45, 7) is 3.66. The zero-order valence-electron chi connectivity index (χ0n) is 11.2. The Bertz CT molecular complexity index is 450. The maximum absolute atomic E-state index is 13.4. The second kappa shape index (κ2) is 6.26. The number of benzene rings is 1. The molecule has 1 aliphatic rings. The second-order valence-corrected chi connectivity index (χ2v) is 5.38. The van der Waals surface area contributed by atoms with Crippen LogP contribution in [0.1, 0.15) is 18.9 Å². The maximum Gasteiger partial charge on any atom is 0.151 e. The van der Waals surface area contributed by atoms with E-state index in [-0.39, 0.29) is 36.6 Å². The van der Waals surface area contributed by atoms with Crippen molar-refractivity contribution in [2.24, 2.45) is 5.92 Å². The average molecular weight is 265 g/mol. The number of halogens is 1. The molecule has 19 heavy (non-hydrogen) atoms. The lowest BCUT2D eigenvalue weighted by molar-refractivity contribution is -0.120. The molecule has 4 heteroatoms. The molecule has 2 rings (SSSR count). The molecule has 1 aromatic rings. The Kier molecular flexibility index (Phi) is 4.66. The smallest absolute Gasteiger partial charge is 0.151 e. The molecule has 1 aliphatic heterocycles. The van der Waals surface area contributed by atoms with Crippen LogP contribution in [0.15, 0.2) is 24.3 Å². The van der Waals surface area contributed by atoms with E-state index in [0.29, 0.717) is 12.1 Å². The van der Waals surface area contributed by atoms with Crippen molar-refractivity contribution in [3.8, 4) is 0 Å². The Morgan fingerprint density at radius 1 is 1.47 bits per heavy atom. The number of rotatable bonds is 4. The summed E-state index contributed by atoms with van der Waals surface area (Å²) >= 11 is 0. The van der Waals surface area contributed by atoms with Gasteiger partial charge in [0.2, 0.25) is 0 Å². The fourth-order valence-electron chi connectivity index (χ4n) is 2.42. The number of hydrogen-bond acceptors (Lipinski definition) is 3. The van der Waals surface area contributed by atoms with Crippen molar-refractivity contribution >= 4 is 5.78 Å². The molecule has 1 aromatic carbocycles. The van der Waals surface area contributed by atoms with E-state index < -0.39 is 0 Å². The van der Waals surface area contributed by atoms with Gasteiger partial charge in [-0.2, -0.15) is 0 Å². The highest BCUT2D eigenvalue weighted by atomic mass is 19.1. The summed E-state index contributed by atoms with van der Waals surface area (Å²) in [4.78, 5) is 13.9. The third-order valence-corrected chi connectivity index (χ3v) is 3.75. The first-order chi connectivity index (χ1) is 9.06. The second-order valence-electron chi connectivity index (χ2n) is 5.38. The first-order valence-electron chi connectivity index (χ1n) is 6.72. The Morgan fingerprint density at radius 2 is 2.21 bits per heavy atom. The molecule has 0 spiro atoms. The van der Waals surface area contributed by atoms with Crippen LogP contribution in [0.4, 0.5) is 4.39 Å². The summed E-state index contributed by atoms with van der Waals surface area (Å²) in [5, 5.41) is 9.78. The predicted molar refractivity (Wildman–Crippen MR) is 71.3 cm³/mol. The SMILES string of the molecule is CC1CCN(CC(=O)Cc2ccccc2F)CC1O. The molecule has 3 nitrogen and oxygen atoms in total. The predicted octanol–water partition coefficient (Wildman–Crippen LogP) is 1.64. The Morgan fingerprint density at radius 3 is 2.89 bits per heavy atom. The maximum atomic E-state index is 13.4. The van der Waals surface area contributed by atoms with Crippen LogP contribution >= 0.6 is 0 Å².